The van der Waals surface area contributed by atoms with E-state index in [2.05, 4.69) is 28.0 Å². The Hall–Kier alpha value is -4.28. The predicted octanol–water partition coefficient (Wildman–Crippen LogP) is 4.61. The standard InChI is InChI=1S/C30H29N5O2/c1-34-12-10-22(11-13-34)21-37-28-17-32-30(33-18-28)26-7-3-5-24(15-26)19-35-20-27(8-9-29(35)36)25-6-2-4-23(14-25)16-31/h2-9,14-15,17-18,20,22H,10-13,19,21H2,1H3. The normalized spacial score (nSPS) is 14.3. The summed E-state index contributed by atoms with van der Waals surface area (Å²) in [5.74, 6) is 1.87. The van der Waals surface area contributed by atoms with Gasteiger partial charge in [-0.2, -0.15) is 5.26 Å². The molecule has 0 N–H and O–H groups in total. The zero-order chi connectivity index (χ0) is 25.6. The van der Waals surface area contributed by atoms with Crippen LogP contribution in [-0.4, -0.2) is 46.2 Å². The van der Waals surface area contributed by atoms with Gasteiger partial charge in [0.15, 0.2) is 11.6 Å². The molecule has 1 aliphatic heterocycles. The number of hydrogen-bond donors (Lipinski definition) is 0. The van der Waals surface area contributed by atoms with E-state index in [1.54, 1.807) is 35.2 Å². The lowest BCUT2D eigenvalue weighted by Gasteiger charge is -2.28. The Morgan fingerprint density at radius 3 is 2.51 bits per heavy atom. The zero-order valence-corrected chi connectivity index (χ0v) is 20.9. The molecule has 0 aliphatic carbocycles. The lowest BCUT2D eigenvalue weighted by atomic mass is 9.98. The van der Waals surface area contributed by atoms with E-state index in [1.165, 1.54) is 0 Å². The summed E-state index contributed by atoms with van der Waals surface area (Å²) in [6.07, 6.45) is 7.60. The van der Waals surface area contributed by atoms with Crippen LogP contribution in [0.15, 0.2) is 84.0 Å². The highest BCUT2D eigenvalue weighted by atomic mass is 16.5. The second kappa shape index (κ2) is 11.2. The average Bonchev–Trinajstić information content (AvgIpc) is 2.94. The van der Waals surface area contributed by atoms with E-state index in [4.69, 9.17) is 4.74 Å². The SMILES string of the molecule is CN1CCC(COc2cnc(-c3cccc(Cn4cc(-c5cccc(C#N)c5)ccc4=O)c3)nc2)CC1. The minimum absolute atomic E-state index is 0.0899. The number of nitriles is 1. The van der Waals surface area contributed by atoms with Gasteiger partial charge in [-0.05, 0) is 79.9 Å². The Morgan fingerprint density at radius 2 is 1.73 bits per heavy atom. The molecule has 3 heterocycles. The Labute approximate surface area is 216 Å². The second-order valence-corrected chi connectivity index (χ2v) is 9.58. The number of ether oxygens (including phenoxy) is 1. The van der Waals surface area contributed by atoms with Crippen molar-refractivity contribution < 1.29 is 4.74 Å². The first kappa shape index (κ1) is 24.4. The largest absolute Gasteiger partial charge is 0.490 e. The summed E-state index contributed by atoms with van der Waals surface area (Å²) >= 11 is 0. The van der Waals surface area contributed by atoms with Crippen LogP contribution < -0.4 is 10.3 Å². The Bertz CT molecular complexity index is 1460. The molecule has 1 aliphatic rings. The lowest BCUT2D eigenvalue weighted by Crippen LogP contribution is -2.32. The van der Waals surface area contributed by atoms with E-state index in [0.717, 1.165) is 48.2 Å². The Balaban J connectivity index is 1.28. The van der Waals surface area contributed by atoms with Gasteiger partial charge in [0.25, 0.3) is 5.56 Å². The number of rotatable bonds is 7. The van der Waals surface area contributed by atoms with E-state index in [0.29, 0.717) is 36.2 Å². The van der Waals surface area contributed by atoms with Gasteiger partial charge in [0.2, 0.25) is 0 Å². The molecule has 0 radical (unpaired) electrons. The average molecular weight is 492 g/mol. The molecule has 5 rings (SSSR count). The van der Waals surface area contributed by atoms with Gasteiger partial charge < -0.3 is 14.2 Å². The van der Waals surface area contributed by atoms with Crippen molar-refractivity contribution >= 4 is 0 Å². The summed E-state index contributed by atoms with van der Waals surface area (Å²) in [5, 5.41) is 9.20. The molecule has 0 bridgehead atoms. The summed E-state index contributed by atoms with van der Waals surface area (Å²) in [4.78, 5) is 24.0. The van der Waals surface area contributed by atoms with E-state index >= 15 is 0 Å². The molecular weight excluding hydrogens is 462 g/mol. The van der Waals surface area contributed by atoms with Crippen molar-refractivity contribution in [1.82, 2.24) is 19.4 Å². The second-order valence-electron chi connectivity index (χ2n) is 9.58. The van der Waals surface area contributed by atoms with Gasteiger partial charge in [0.05, 0.1) is 37.2 Å². The number of pyridine rings is 1. The van der Waals surface area contributed by atoms with Crippen LogP contribution in [0.2, 0.25) is 0 Å². The van der Waals surface area contributed by atoms with Crippen LogP contribution in [0.4, 0.5) is 0 Å². The van der Waals surface area contributed by atoms with E-state index in [1.807, 2.05) is 48.7 Å². The first-order valence-corrected chi connectivity index (χ1v) is 12.5. The zero-order valence-electron chi connectivity index (χ0n) is 20.9. The highest BCUT2D eigenvalue weighted by Gasteiger charge is 2.17. The topological polar surface area (TPSA) is 84.0 Å². The molecule has 0 atom stereocenters. The summed E-state index contributed by atoms with van der Waals surface area (Å²) in [7, 11) is 2.16. The molecule has 4 aromatic rings. The van der Waals surface area contributed by atoms with Crippen molar-refractivity contribution in [2.75, 3.05) is 26.7 Å². The van der Waals surface area contributed by atoms with Gasteiger partial charge in [0.1, 0.15) is 0 Å². The Kier molecular flexibility index (Phi) is 7.38. The van der Waals surface area contributed by atoms with Gasteiger partial charge in [-0.15, -0.1) is 0 Å². The number of piperidine rings is 1. The maximum absolute atomic E-state index is 12.6. The van der Waals surface area contributed by atoms with Crippen LogP contribution in [0.3, 0.4) is 0 Å². The van der Waals surface area contributed by atoms with E-state index in [-0.39, 0.29) is 5.56 Å². The van der Waals surface area contributed by atoms with Gasteiger partial charge >= 0.3 is 0 Å². The van der Waals surface area contributed by atoms with Crippen LogP contribution in [0, 0.1) is 17.2 Å². The van der Waals surface area contributed by atoms with Crippen molar-refractivity contribution in [2.45, 2.75) is 19.4 Å². The monoisotopic (exact) mass is 491 g/mol. The fourth-order valence-electron chi connectivity index (χ4n) is 4.58. The lowest BCUT2D eigenvalue weighted by molar-refractivity contribution is 0.159. The molecule has 0 unspecified atom stereocenters. The van der Waals surface area contributed by atoms with Crippen LogP contribution >= 0.6 is 0 Å². The Morgan fingerprint density at radius 1 is 0.973 bits per heavy atom. The maximum Gasteiger partial charge on any atom is 0.250 e. The summed E-state index contributed by atoms with van der Waals surface area (Å²) in [6, 6.07) is 20.8. The van der Waals surface area contributed by atoms with Crippen molar-refractivity contribution in [3.8, 4) is 34.3 Å². The van der Waals surface area contributed by atoms with Gasteiger partial charge in [-0.3, -0.25) is 4.79 Å². The first-order valence-electron chi connectivity index (χ1n) is 12.5. The molecule has 2 aromatic carbocycles. The molecule has 7 heteroatoms. The van der Waals surface area contributed by atoms with Crippen LogP contribution in [0.1, 0.15) is 24.0 Å². The van der Waals surface area contributed by atoms with Crippen molar-refractivity contribution in [3.63, 3.8) is 0 Å². The quantitative estimate of drug-likeness (QED) is 0.375. The molecule has 0 saturated carbocycles. The number of hydrogen-bond acceptors (Lipinski definition) is 6. The van der Waals surface area contributed by atoms with Gasteiger partial charge in [0, 0.05) is 17.8 Å². The van der Waals surface area contributed by atoms with Crippen LogP contribution in [0.5, 0.6) is 5.75 Å². The summed E-state index contributed by atoms with van der Waals surface area (Å²) < 4.78 is 7.63. The smallest absolute Gasteiger partial charge is 0.250 e. The minimum atomic E-state index is -0.0899. The molecule has 1 saturated heterocycles. The van der Waals surface area contributed by atoms with Gasteiger partial charge in [-0.1, -0.05) is 30.3 Å². The molecular formula is C30H29N5O2. The van der Waals surface area contributed by atoms with Crippen molar-refractivity contribution in [1.29, 1.82) is 5.26 Å². The number of nitrogens with zero attached hydrogens (tertiary/aromatic N) is 5. The fourth-order valence-corrected chi connectivity index (χ4v) is 4.58. The van der Waals surface area contributed by atoms with Crippen LogP contribution in [-0.2, 0) is 6.54 Å². The molecule has 37 heavy (non-hydrogen) atoms. The van der Waals surface area contributed by atoms with Crippen molar-refractivity contribution in [2.24, 2.45) is 5.92 Å². The maximum atomic E-state index is 12.6. The number of likely N-dealkylation sites (tertiary alicyclic amines) is 1. The van der Waals surface area contributed by atoms with Crippen LogP contribution in [0.25, 0.3) is 22.5 Å². The molecule has 0 amide bonds. The predicted molar refractivity (Wildman–Crippen MR) is 143 cm³/mol. The molecule has 186 valence electrons. The first-order chi connectivity index (χ1) is 18.1. The van der Waals surface area contributed by atoms with Gasteiger partial charge in [-0.25, -0.2) is 9.97 Å². The third kappa shape index (κ3) is 6.11. The minimum Gasteiger partial charge on any atom is -0.490 e. The summed E-state index contributed by atoms with van der Waals surface area (Å²) in [6.45, 7) is 3.34. The number of benzene rings is 2. The summed E-state index contributed by atoms with van der Waals surface area (Å²) in [5.41, 5.74) is 4.12. The number of aromatic nitrogens is 3. The molecule has 2 aromatic heterocycles. The third-order valence-electron chi connectivity index (χ3n) is 6.80. The van der Waals surface area contributed by atoms with E-state index in [9.17, 15) is 10.1 Å². The molecule has 0 spiro atoms. The van der Waals surface area contributed by atoms with Crippen molar-refractivity contribution in [3.05, 3.63) is 101 Å². The third-order valence-corrected chi connectivity index (χ3v) is 6.80. The van der Waals surface area contributed by atoms with E-state index < -0.39 is 0 Å². The fraction of sp³-hybridized carbons (Fsp3) is 0.267. The molecule has 7 nitrogen and oxygen atoms in total. The highest BCUT2D eigenvalue weighted by molar-refractivity contribution is 5.64. The molecule has 1 fully saturated rings. The highest BCUT2D eigenvalue weighted by Crippen LogP contribution is 2.22.